The van der Waals surface area contributed by atoms with E-state index >= 15 is 0 Å². The van der Waals surface area contributed by atoms with Gasteiger partial charge in [0.2, 0.25) is 11.8 Å². The molecule has 0 atom stereocenters. The lowest BCUT2D eigenvalue weighted by molar-refractivity contribution is -0.126. The van der Waals surface area contributed by atoms with Gasteiger partial charge in [-0.15, -0.1) is 0 Å². The number of hydrazine groups is 1. The number of para-hydroxylation sites is 1. The van der Waals surface area contributed by atoms with Crippen molar-refractivity contribution in [2.75, 3.05) is 5.75 Å². The van der Waals surface area contributed by atoms with E-state index in [1.807, 2.05) is 30.3 Å². The molecular weight excluding hydrogens is 388 g/mol. The summed E-state index contributed by atoms with van der Waals surface area (Å²) in [6, 6.07) is 17.3. The molecule has 3 aromatic rings. The van der Waals surface area contributed by atoms with Gasteiger partial charge in [-0.3, -0.25) is 29.8 Å². The SMILES string of the molecule is CC(=O)NNC(=O)CSc1nc2ccccc2c(=O)n1CCCc1ccccc1. The van der Waals surface area contributed by atoms with Gasteiger partial charge in [-0.25, -0.2) is 4.98 Å². The van der Waals surface area contributed by atoms with Gasteiger partial charge >= 0.3 is 0 Å². The van der Waals surface area contributed by atoms with Gasteiger partial charge in [-0.1, -0.05) is 54.2 Å². The predicted molar refractivity (Wildman–Crippen MR) is 113 cm³/mol. The molecule has 0 aliphatic carbocycles. The molecule has 7 nitrogen and oxygen atoms in total. The second kappa shape index (κ2) is 9.88. The minimum absolute atomic E-state index is 0.0315. The van der Waals surface area contributed by atoms with Crippen LogP contribution in [0.2, 0.25) is 0 Å². The van der Waals surface area contributed by atoms with Crippen molar-refractivity contribution in [3.05, 3.63) is 70.5 Å². The quantitative estimate of drug-likeness (QED) is 0.354. The van der Waals surface area contributed by atoms with Crippen molar-refractivity contribution < 1.29 is 9.59 Å². The third-order valence-corrected chi connectivity index (χ3v) is 5.20. The minimum atomic E-state index is -0.372. The monoisotopic (exact) mass is 410 g/mol. The number of fused-ring (bicyclic) bond motifs is 1. The highest BCUT2D eigenvalue weighted by Gasteiger charge is 2.13. The van der Waals surface area contributed by atoms with E-state index in [9.17, 15) is 14.4 Å². The summed E-state index contributed by atoms with van der Waals surface area (Å²) < 4.78 is 1.63. The van der Waals surface area contributed by atoms with Crippen molar-refractivity contribution in [3.8, 4) is 0 Å². The van der Waals surface area contributed by atoms with Crippen LogP contribution in [-0.4, -0.2) is 27.1 Å². The summed E-state index contributed by atoms with van der Waals surface area (Å²) >= 11 is 1.17. The molecule has 2 amide bonds. The first kappa shape index (κ1) is 20.6. The van der Waals surface area contributed by atoms with Crippen molar-refractivity contribution in [1.29, 1.82) is 0 Å². The number of aromatic nitrogens is 2. The fraction of sp³-hybridized carbons (Fsp3) is 0.238. The van der Waals surface area contributed by atoms with Crippen LogP contribution in [0, 0.1) is 0 Å². The molecule has 0 radical (unpaired) electrons. The van der Waals surface area contributed by atoms with E-state index in [0.717, 1.165) is 12.8 Å². The number of amides is 2. The lowest BCUT2D eigenvalue weighted by Gasteiger charge is -2.13. The number of rotatable bonds is 7. The van der Waals surface area contributed by atoms with Crippen molar-refractivity contribution >= 4 is 34.5 Å². The predicted octanol–water partition coefficient (Wildman–Crippen LogP) is 2.29. The molecule has 2 aromatic carbocycles. The van der Waals surface area contributed by atoms with Crippen LogP contribution in [0.1, 0.15) is 18.9 Å². The zero-order valence-electron chi connectivity index (χ0n) is 16.1. The summed E-state index contributed by atoms with van der Waals surface area (Å²) in [5.74, 6) is -0.697. The standard InChI is InChI=1S/C21H22N4O3S/c1-15(26)23-24-19(27)14-29-21-22-18-12-6-5-11-17(18)20(28)25(21)13-7-10-16-8-3-2-4-9-16/h2-6,8-9,11-12H,7,10,13-14H2,1H3,(H,23,26)(H,24,27). The van der Waals surface area contributed by atoms with Crippen LogP contribution in [0.15, 0.2) is 64.5 Å². The lowest BCUT2D eigenvalue weighted by Crippen LogP contribution is -2.41. The topological polar surface area (TPSA) is 93.1 Å². The Labute approximate surface area is 172 Å². The summed E-state index contributed by atoms with van der Waals surface area (Å²) in [6.45, 7) is 1.81. The minimum Gasteiger partial charge on any atom is -0.287 e. The Morgan fingerprint density at radius 1 is 1.03 bits per heavy atom. The molecule has 0 fully saturated rings. The Hall–Kier alpha value is -3.13. The van der Waals surface area contributed by atoms with Crippen LogP contribution < -0.4 is 16.4 Å². The average molecular weight is 410 g/mol. The molecule has 0 unspecified atom stereocenters. The van der Waals surface area contributed by atoms with E-state index in [1.54, 1.807) is 16.7 Å². The van der Waals surface area contributed by atoms with Crippen LogP contribution in [0.4, 0.5) is 0 Å². The summed E-state index contributed by atoms with van der Waals surface area (Å²) in [7, 11) is 0. The Morgan fingerprint density at radius 2 is 1.76 bits per heavy atom. The number of thioether (sulfide) groups is 1. The summed E-state index contributed by atoms with van der Waals surface area (Å²) in [4.78, 5) is 40.4. The van der Waals surface area contributed by atoms with Crippen molar-refractivity contribution in [1.82, 2.24) is 20.4 Å². The lowest BCUT2D eigenvalue weighted by atomic mass is 10.1. The zero-order chi connectivity index (χ0) is 20.6. The molecule has 150 valence electrons. The molecule has 1 aromatic heterocycles. The second-order valence-corrected chi connectivity index (χ2v) is 7.42. The van der Waals surface area contributed by atoms with Gasteiger partial charge in [-0.05, 0) is 30.5 Å². The molecule has 2 N–H and O–H groups in total. The molecule has 0 aliphatic heterocycles. The molecule has 0 saturated carbocycles. The van der Waals surface area contributed by atoms with Crippen LogP contribution in [0.5, 0.6) is 0 Å². The van der Waals surface area contributed by atoms with E-state index in [-0.39, 0.29) is 23.1 Å². The first-order valence-electron chi connectivity index (χ1n) is 9.26. The maximum Gasteiger partial charge on any atom is 0.262 e. The van der Waals surface area contributed by atoms with Gasteiger partial charge in [-0.2, -0.15) is 0 Å². The van der Waals surface area contributed by atoms with Gasteiger partial charge in [0, 0.05) is 13.5 Å². The van der Waals surface area contributed by atoms with E-state index in [1.165, 1.54) is 24.2 Å². The normalized spacial score (nSPS) is 10.7. The van der Waals surface area contributed by atoms with Crippen LogP contribution >= 0.6 is 11.8 Å². The van der Waals surface area contributed by atoms with Crippen LogP contribution in [-0.2, 0) is 22.6 Å². The molecule has 0 bridgehead atoms. The Balaban J connectivity index is 1.78. The van der Waals surface area contributed by atoms with Crippen LogP contribution in [0.3, 0.4) is 0 Å². The maximum absolute atomic E-state index is 13.0. The molecule has 1 heterocycles. The molecule has 0 spiro atoms. The smallest absolute Gasteiger partial charge is 0.262 e. The van der Waals surface area contributed by atoms with Gasteiger partial charge in [0.25, 0.3) is 5.56 Å². The average Bonchev–Trinajstić information content (AvgIpc) is 2.73. The number of carbonyl (C=O) groups is 2. The van der Waals surface area contributed by atoms with Crippen LogP contribution in [0.25, 0.3) is 10.9 Å². The molecule has 8 heteroatoms. The fourth-order valence-corrected chi connectivity index (χ4v) is 3.69. The molecule has 0 aliphatic rings. The highest BCUT2D eigenvalue weighted by Crippen LogP contribution is 2.18. The second-order valence-electron chi connectivity index (χ2n) is 6.48. The largest absolute Gasteiger partial charge is 0.287 e. The molecule has 3 rings (SSSR count). The van der Waals surface area contributed by atoms with E-state index in [4.69, 9.17) is 0 Å². The first-order valence-corrected chi connectivity index (χ1v) is 10.2. The van der Waals surface area contributed by atoms with Crippen molar-refractivity contribution in [3.63, 3.8) is 0 Å². The Kier molecular flexibility index (Phi) is 7.02. The van der Waals surface area contributed by atoms with Gasteiger partial charge in [0.15, 0.2) is 5.16 Å². The van der Waals surface area contributed by atoms with E-state index in [0.29, 0.717) is 22.6 Å². The zero-order valence-corrected chi connectivity index (χ0v) is 16.9. The van der Waals surface area contributed by atoms with Gasteiger partial charge in [0.05, 0.1) is 16.7 Å². The third-order valence-electron chi connectivity index (χ3n) is 4.23. The fourth-order valence-electron chi connectivity index (χ4n) is 2.86. The highest BCUT2D eigenvalue weighted by molar-refractivity contribution is 7.99. The third kappa shape index (κ3) is 5.68. The van der Waals surface area contributed by atoms with Gasteiger partial charge in [0.1, 0.15) is 0 Å². The number of nitrogens with zero attached hydrogens (tertiary/aromatic N) is 2. The molecule has 0 saturated heterocycles. The summed E-state index contributed by atoms with van der Waals surface area (Å²) in [6.07, 6.45) is 1.61. The van der Waals surface area contributed by atoms with Crippen molar-refractivity contribution in [2.45, 2.75) is 31.5 Å². The summed E-state index contributed by atoms with van der Waals surface area (Å²) in [5.41, 5.74) is 6.25. The van der Waals surface area contributed by atoms with Crippen molar-refractivity contribution in [2.24, 2.45) is 0 Å². The summed E-state index contributed by atoms with van der Waals surface area (Å²) in [5, 5.41) is 1.04. The number of nitrogens with one attached hydrogen (secondary N) is 2. The number of carbonyl (C=O) groups excluding carboxylic acids is 2. The first-order chi connectivity index (χ1) is 14.0. The van der Waals surface area contributed by atoms with E-state index < -0.39 is 0 Å². The molecule has 29 heavy (non-hydrogen) atoms. The maximum atomic E-state index is 13.0. The Bertz CT molecular complexity index is 1070. The number of hydrogen-bond acceptors (Lipinski definition) is 5. The van der Waals surface area contributed by atoms with E-state index in [2.05, 4.69) is 28.0 Å². The highest BCUT2D eigenvalue weighted by atomic mass is 32.2. The Morgan fingerprint density at radius 3 is 2.52 bits per heavy atom. The number of hydrogen-bond donors (Lipinski definition) is 2. The van der Waals surface area contributed by atoms with Gasteiger partial charge < -0.3 is 0 Å². The number of aryl methyl sites for hydroxylation is 1. The molecular formula is C21H22N4O3S. The number of benzene rings is 2.